The Morgan fingerprint density at radius 1 is 1.17 bits per heavy atom. The molecule has 0 bridgehead atoms. The molecule has 3 rings (SSSR count). The van der Waals surface area contributed by atoms with E-state index >= 15 is 0 Å². The summed E-state index contributed by atoms with van der Waals surface area (Å²) in [5, 5.41) is 19.3. The van der Waals surface area contributed by atoms with Crippen molar-refractivity contribution in [1.82, 2.24) is 9.88 Å². The van der Waals surface area contributed by atoms with Gasteiger partial charge in [-0.05, 0) is 23.3 Å². The smallest absolute Gasteiger partial charge is 0.290 e. The maximum absolute atomic E-state index is 12.9. The molecular weight excluding hydrogens is 372 g/mol. The van der Waals surface area contributed by atoms with Crippen LogP contribution in [-0.4, -0.2) is 58.2 Å². The van der Waals surface area contributed by atoms with E-state index in [4.69, 9.17) is 9.84 Å². The lowest BCUT2D eigenvalue weighted by molar-refractivity contribution is -0.130. The first-order valence-electron chi connectivity index (χ1n) is 9.23. The van der Waals surface area contributed by atoms with E-state index in [1.54, 1.807) is 30.6 Å². The molecule has 1 atom stereocenters. The van der Waals surface area contributed by atoms with E-state index in [0.717, 1.165) is 5.56 Å². The number of carbonyl (C=O) groups is 2. The van der Waals surface area contributed by atoms with Crippen molar-refractivity contribution in [3.05, 3.63) is 83.4 Å². The number of benzene rings is 1. The molecule has 1 aromatic carbocycles. The Kier molecular flexibility index (Phi) is 6.89. The number of ether oxygens (including phenoxy) is 1. The minimum Gasteiger partial charge on any atom is -0.503 e. The summed E-state index contributed by atoms with van der Waals surface area (Å²) in [5.41, 5.74) is 1.46. The van der Waals surface area contributed by atoms with E-state index in [2.05, 4.69) is 4.98 Å². The first-order valence-corrected chi connectivity index (χ1v) is 9.23. The summed E-state index contributed by atoms with van der Waals surface area (Å²) in [4.78, 5) is 31.0. The highest BCUT2D eigenvalue weighted by Crippen LogP contribution is 2.37. The minimum atomic E-state index is -0.762. The third kappa shape index (κ3) is 4.77. The van der Waals surface area contributed by atoms with Crippen LogP contribution < -0.4 is 0 Å². The van der Waals surface area contributed by atoms with Crippen LogP contribution in [0.25, 0.3) is 6.08 Å². The zero-order valence-electron chi connectivity index (χ0n) is 15.8. The lowest BCUT2D eigenvalue weighted by Crippen LogP contribution is -2.34. The second kappa shape index (κ2) is 9.77. The number of pyridine rings is 1. The van der Waals surface area contributed by atoms with Gasteiger partial charge in [-0.2, -0.15) is 0 Å². The number of allylic oxidation sites excluding steroid dienone is 1. The van der Waals surface area contributed by atoms with Gasteiger partial charge in [0.1, 0.15) is 0 Å². The number of aromatic nitrogens is 1. The topological polar surface area (TPSA) is 100.0 Å². The lowest BCUT2D eigenvalue weighted by Gasteiger charge is -2.26. The van der Waals surface area contributed by atoms with Crippen molar-refractivity contribution in [3.63, 3.8) is 0 Å². The van der Waals surface area contributed by atoms with Crippen molar-refractivity contribution in [1.29, 1.82) is 0 Å². The zero-order chi connectivity index (χ0) is 20.6. The first kappa shape index (κ1) is 20.4. The van der Waals surface area contributed by atoms with Gasteiger partial charge in [0.2, 0.25) is 0 Å². The number of carbonyl (C=O) groups excluding carboxylic acids is 2. The van der Waals surface area contributed by atoms with E-state index in [-0.39, 0.29) is 31.9 Å². The fourth-order valence-electron chi connectivity index (χ4n) is 3.18. The number of nitrogens with zero attached hydrogens (tertiary/aromatic N) is 2. The molecule has 0 fully saturated rings. The number of rotatable bonds is 9. The molecule has 0 radical (unpaired) electrons. The summed E-state index contributed by atoms with van der Waals surface area (Å²) in [5.74, 6) is -1.65. The molecule has 0 spiro atoms. The van der Waals surface area contributed by atoms with Crippen molar-refractivity contribution >= 4 is 17.8 Å². The Hall–Kier alpha value is -3.29. The number of ketones is 1. The first-order chi connectivity index (χ1) is 14.1. The summed E-state index contributed by atoms with van der Waals surface area (Å²) in [7, 11) is 0. The van der Waals surface area contributed by atoms with Gasteiger partial charge in [0.05, 0.1) is 31.4 Å². The summed E-state index contributed by atoms with van der Waals surface area (Å²) in [6.07, 6.45) is 6.14. The SMILES string of the molecule is O=C(C=Cc1ccccc1)C1=C(O)C(=O)N(CCOCCO)C1c1cccnc1. The highest BCUT2D eigenvalue weighted by molar-refractivity contribution is 6.14. The fourth-order valence-corrected chi connectivity index (χ4v) is 3.18. The van der Waals surface area contributed by atoms with E-state index in [1.807, 2.05) is 30.3 Å². The lowest BCUT2D eigenvalue weighted by atomic mass is 9.97. The average Bonchev–Trinajstić information content (AvgIpc) is 3.01. The number of hydrogen-bond donors (Lipinski definition) is 2. The van der Waals surface area contributed by atoms with E-state index < -0.39 is 23.5 Å². The Labute approximate surface area is 168 Å². The molecule has 0 saturated heterocycles. The van der Waals surface area contributed by atoms with Crippen LogP contribution in [0.3, 0.4) is 0 Å². The zero-order valence-corrected chi connectivity index (χ0v) is 15.8. The minimum absolute atomic E-state index is 0.0114. The fraction of sp³-hybridized carbons (Fsp3) is 0.227. The van der Waals surface area contributed by atoms with Gasteiger partial charge in [0.25, 0.3) is 5.91 Å². The molecular formula is C22H22N2O5. The van der Waals surface area contributed by atoms with Crippen molar-refractivity contribution in [2.75, 3.05) is 26.4 Å². The van der Waals surface area contributed by atoms with Crippen molar-refractivity contribution in [2.45, 2.75) is 6.04 Å². The average molecular weight is 394 g/mol. The van der Waals surface area contributed by atoms with Crippen LogP contribution >= 0.6 is 0 Å². The third-order valence-corrected chi connectivity index (χ3v) is 4.51. The van der Waals surface area contributed by atoms with Gasteiger partial charge in [0, 0.05) is 18.9 Å². The largest absolute Gasteiger partial charge is 0.503 e. The van der Waals surface area contributed by atoms with Gasteiger partial charge < -0.3 is 19.8 Å². The Morgan fingerprint density at radius 3 is 2.66 bits per heavy atom. The van der Waals surface area contributed by atoms with Gasteiger partial charge in [-0.3, -0.25) is 14.6 Å². The van der Waals surface area contributed by atoms with Crippen LogP contribution in [0.5, 0.6) is 0 Å². The molecule has 1 unspecified atom stereocenters. The summed E-state index contributed by atoms with van der Waals surface area (Å²) < 4.78 is 5.25. The molecule has 0 saturated carbocycles. The maximum Gasteiger partial charge on any atom is 0.290 e. The predicted molar refractivity (Wildman–Crippen MR) is 107 cm³/mol. The summed E-state index contributed by atoms with van der Waals surface area (Å²) in [6, 6.07) is 12.0. The summed E-state index contributed by atoms with van der Waals surface area (Å²) in [6.45, 7) is 0.335. The highest BCUT2D eigenvalue weighted by atomic mass is 16.5. The Bertz CT molecular complexity index is 909. The number of amides is 1. The van der Waals surface area contributed by atoms with Crippen LogP contribution in [0.4, 0.5) is 0 Å². The molecule has 150 valence electrons. The monoisotopic (exact) mass is 394 g/mol. The van der Waals surface area contributed by atoms with E-state index in [1.165, 1.54) is 11.0 Å². The Morgan fingerprint density at radius 2 is 1.97 bits per heavy atom. The standard InChI is InChI=1S/C22H22N2O5/c25-12-14-29-13-11-24-20(17-7-4-10-23-15-17)19(21(27)22(24)28)18(26)9-8-16-5-2-1-3-6-16/h1-10,15,20,25,27H,11-14H2. The van der Waals surface area contributed by atoms with Crippen LogP contribution in [0.2, 0.25) is 0 Å². The van der Waals surface area contributed by atoms with E-state index in [0.29, 0.717) is 5.56 Å². The van der Waals surface area contributed by atoms with Crippen LogP contribution in [-0.2, 0) is 14.3 Å². The van der Waals surface area contributed by atoms with Gasteiger partial charge >= 0.3 is 0 Å². The third-order valence-electron chi connectivity index (χ3n) is 4.51. The van der Waals surface area contributed by atoms with Crippen molar-refractivity contribution in [3.8, 4) is 0 Å². The molecule has 0 aliphatic carbocycles. The van der Waals surface area contributed by atoms with Gasteiger partial charge in [0.15, 0.2) is 11.5 Å². The molecule has 1 amide bonds. The van der Waals surface area contributed by atoms with Gasteiger partial charge in [-0.1, -0.05) is 42.5 Å². The highest BCUT2D eigenvalue weighted by Gasteiger charge is 2.42. The van der Waals surface area contributed by atoms with Crippen LogP contribution in [0.1, 0.15) is 17.2 Å². The second-order valence-electron chi connectivity index (χ2n) is 6.39. The molecule has 1 aliphatic heterocycles. The van der Waals surface area contributed by atoms with Gasteiger partial charge in [-0.25, -0.2) is 0 Å². The van der Waals surface area contributed by atoms with Crippen LogP contribution in [0, 0.1) is 0 Å². The van der Waals surface area contributed by atoms with Crippen LogP contribution in [0.15, 0.2) is 72.3 Å². The number of aliphatic hydroxyl groups excluding tert-OH is 2. The Balaban J connectivity index is 1.89. The molecule has 1 aromatic heterocycles. The van der Waals surface area contributed by atoms with E-state index in [9.17, 15) is 14.7 Å². The number of hydrogen-bond acceptors (Lipinski definition) is 6. The quantitative estimate of drug-likeness (QED) is 0.499. The van der Waals surface area contributed by atoms with Gasteiger partial charge in [-0.15, -0.1) is 0 Å². The predicted octanol–water partition coefficient (Wildman–Crippen LogP) is 2.07. The van der Waals surface area contributed by atoms with Crippen molar-refractivity contribution < 1.29 is 24.5 Å². The van der Waals surface area contributed by atoms with Crippen molar-refractivity contribution in [2.24, 2.45) is 0 Å². The second-order valence-corrected chi connectivity index (χ2v) is 6.39. The molecule has 2 heterocycles. The molecule has 1 aliphatic rings. The number of aliphatic hydroxyl groups is 2. The molecule has 7 nitrogen and oxygen atoms in total. The molecule has 2 aromatic rings. The molecule has 7 heteroatoms. The molecule has 29 heavy (non-hydrogen) atoms. The molecule has 2 N–H and O–H groups in total. The summed E-state index contributed by atoms with van der Waals surface area (Å²) >= 11 is 0. The normalized spacial score (nSPS) is 16.8. The maximum atomic E-state index is 12.9.